The van der Waals surface area contributed by atoms with Crippen molar-refractivity contribution >= 4 is 15.9 Å². The number of benzene rings is 2. The van der Waals surface area contributed by atoms with Gasteiger partial charge in [-0.2, -0.15) is 0 Å². The van der Waals surface area contributed by atoms with Crippen molar-refractivity contribution in [1.29, 1.82) is 0 Å². The number of hydrogen-bond acceptors (Lipinski definition) is 2. The molecule has 2 nitrogen and oxygen atoms in total. The molecular formula is C14H12BrF3N2. The Hall–Kier alpha value is -1.37. The first-order valence-corrected chi connectivity index (χ1v) is 6.60. The Bertz CT molecular complexity index is 647. The van der Waals surface area contributed by atoms with E-state index in [2.05, 4.69) is 21.4 Å². The van der Waals surface area contributed by atoms with Crippen LogP contribution in [0.15, 0.2) is 34.8 Å². The Morgan fingerprint density at radius 1 is 1.10 bits per heavy atom. The van der Waals surface area contributed by atoms with Crippen LogP contribution in [0.4, 0.5) is 13.2 Å². The third-order valence-corrected chi connectivity index (χ3v) is 3.67. The predicted molar refractivity (Wildman–Crippen MR) is 74.4 cm³/mol. The molecular weight excluding hydrogens is 333 g/mol. The summed E-state index contributed by atoms with van der Waals surface area (Å²) in [5.74, 6) is 3.11. The van der Waals surface area contributed by atoms with Gasteiger partial charge >= 0.3 is 0 Å². The summed E-state index contributed by atoms with van der Waals surface area (Å²) in [5, 5.41) is 0. The summed E-state index contributed by atoms with van der Waals surface area (Å²) in [6, 6.07) is 6.30. The molecule has 0 fully saturated rings. The van der Waals surface area contributed by atoms with Crippen molar-refractivity contribution in [1.82, 2.24) is 5.43 Å². The maximum Gasteiger partial charge on any atom is 0.164 e. The molecule has 3 N–H and O–H groups in total. The van der Waals surface area contributed by atoms with Crippen LogP contribution in [0.3, 0.4) is 0 Å². The normalized spacial score (nSPS) is 12.5. The summed E-state index contributed by atoms with van der Waals surface area (Å²) in [5.41, 5.74) is 3.21. The van der Waals surface area contributed by atoms with Crippen molar-refractivity contribution in [2.24, 2.45) is 5.84 Å². The molecule has 0 spiro atoms. The van der Waals surface area contributed by atoms with Gasteiger partial charge in [0.15, 0.2) is 11.6 Å². The van der Waals surface area contributed by atoms with Gasteiger partial charge in [0.05, 0.1) is 10.5 Å². The largest absolute Gasteiger partial charge is 0.271 e. The van der Waals surface area contributed by atoms with E-state index < -0.39 is 23.5 Å². The number of halogens is 4. The third-order valence-electron chi connectivity index (χ3n) is 3.06. The van der Waals surface area contributed by atoms with Gasteiger partial charge in [0.25, 0.3) is 0 Å². The van der Waals surface area contributed by atoms with Crippen molar-refractivity contribution in [3.05, 3.63) is 68.9 Å². The van der Waals surface area contributed by atoms with Crippen molar-refractivity contribution in [2.75, 3.05) is 0 Å². The standard InChI is InChI=1S/C14H12BrF3N2/c1-7-2-4-9(13(18)12(7)17)14(20-19)8-3-5-11(16)10(15)6-8/h2-6,14,20H,19H2,1H3. The molecule has 0 saturated heterocycles. The maximum absolute atomic E-state index is 14.0. The minimum atomic E-state index is -0.964. The van der Waals surface area contributed by atoms with Crippen LogP contribution in [0.5, 0.6) is 0 Å². The molecule has 2 aromatic rings. The van der Waals surface area contributed by atoms with Gasteiger partial charge in [-0.1, -0.05) is 18.2 Å². The number of aryl methyl sites for hydroxylation is 1. The molecule has 0 radical (unpaired) electrons. The van der Waals surface area contributed by atoms with Crippen molar-refractivity contribution in [3.8, 4) is 0 Å². The van der Waals surface area contributed by atoms with Crippen LogP contribution in [0.1, 0.15) is 22.7 Å². The lowest BCUT2D eigenvalue weighted by molar-refractivity contribution is 0.478. The molecule has 0 aromatic heterocycles. The molecule has 1 atom stereocenters. The summed E-state index contributed by atoms with van der Waals surface area (Å²) in [4.78, 5) is 0. The van der Waals surface area contributed by atoms with E-state index in [1.807, 2.05) is 0 Å². The van der Waals surface area contributed by atoms with Crippen LogP contribution in [0, 0.1) is 24.4 Å². The molecule has 0 amide bonds. The summed E-state index contributed by atoms with van der Waals surface area (Å²) in [6.45, 7) is 1.47. The second kappa shape index (κ2) is 5.95. The van der Waals surface area contributed by atoms with E-state index in [4.69, 9.17) is 5.84 Å². The Morgan fingerprint density at radius 2 is 1.80 bits per heavy atom. The van der Waals surface area contributed by atoms with Gasteiger partial charge in [0.1, 0.15) is 5.82 Å². The van der Waals surface area contributed by atoms with Gasteiger partial charge in [-0.05, 0) is 46.1 Å². The monoisotopic (exact) mass is 344 g/mol. The van der Waals surface area contributed by atoms with Crippen LogP contribution < -0.4 is 11.3 Å². The van der Waals surface area contributed by atoms with Gasteiger partial charge in [-0.15, -0.1) is 0 Å². The number of rotatable bonds is 3. The van der Waals surface area contributed by atoms with E-state index in [0.29, 0.717) is 5.56 Å². The quantitative estimate of drug-likeness (QED) is 0.657. The summed E-state index contributed by atoms with van der Waals surface area (Å²) in [7, 11) is 0. The second-order valence-electron chi connectivity index (χ2n) is 4.37. The van der Waals surface area contributed by atoms with Crippen LogP contribution in [0.2, 0.25) is 0 Å². The molecule has 20 heavy (non-hydrogen) atoms. The smallest absolute Gasteiger partial charge is 0.164 e. The predicted octanol–water partition coefficient (Wildman–Crippen LogP) is 3.73. The topological polar surface area (TPSA) is 38.0 Å². The molecule has 0 bridgehead atoms. The molecule has 0 heterocycles. The van der Waals surface area contributed by atoms with Crippen LogP contribution in [0.25, 0.3) is 0 Å². The molecule has 6 heteroatoms. The first-order chi connectivity index (χ1) is 9.45. The van der Waals surface area contributed by atoms with Crippen LogP contribution >= 0.6 is 15.9 Å². The molecule has 1 unspecified atom stereocenters. The minimum absolute atomic E-state index is 0.0640. The zero-order valence-electron chi connectivity index (χ0n) is 10.6. The first kappa shape index (κ1) is 15.0. The van der Waals surface area contributed by atoms with Gasteiger partial charge in [-0.3, -0.25) is 5.84 Å². The fourth-order valence-corrected chi connectivity index (χ4v) is 2.34. The third kappa shape index (κ3) is 2.72. The number of nitrogens with one attached hydrogen (secondary N) is 1. The highest BCUT2D eigenvalue weighted by molar-refractivity contribution is 9.10. The highest BCUT2D eigenvalue weighted by Crippen LogP contribution is 2.29. The van der Waals surface area contributed by atoms with Crippen LogP contribution in [-0.2, 0) is 0 Å². The zero-order chi connectivity index (χ0) is 14.9. The Balaban J connectivity index is 2.52. The fourth-order valence-electron chi connectivity index (χ4n) is 1.94. The molecule has 0 aliphatic rings. The highest BCUT2D eigenvalue weighted by Gasteiger charge is 2.21. The fraction of sp³-hybridized carbons (Fsp3) is 0.143. The summed E-state index contributed by atoms with van der Waals surface area (Å²) >= 11 is 3.05. The van der Waals surface area contributed by atoms with E-state index in [1.165, 1.54) is 37.3 Å². The first-order valence-electron chi connectivity index (χ1n) is 5.81. The zero-order valence-corrected chi connectivity index (χ0v) is 12.1. The number of nitrogens with two attached hydrogens (primary N) is 1. The number of hydrazine groups is 1. The van der Waals surface area contributed by atoms with Crippen molar-refractivity contribution < 1.29 is 13.2 Å². The van der Waals surface area contributed by atoms with Gasteiger partial charge in [-0.25, -0.2) is 18.6 Å². The second-order valence-corrected chi connectivity index (χ2v) is 5.23. The molecule has 2 rings (SSSR count). The van der Waals surface area contributed by atoms with E-state index >= 15 is 0 Å². The lowest BCUT2D eigenvalue weighted by atomic mass is 9.97. The van der Waals surface area contributed by atoms with Gasteiger partial charge in [0.2, 0.25) is 0 Å². The molecule has 0 aliphatic heterocycles. The minimum Gasteiger partial charge on any atom is -0.271 e. The van der Waals surface area contributed by atoms with Crippen molar-refractivity contribution in [2.45, 2.75) is 13.0 Å². The molecule has 106 valence electrons. The highest BCUT2D eigenvalue weighted by atomic mass is 79.9. The molecule has 0 aliphatic carbocycles. The van der Waals surface area contributed by atoms with E-state index in [0.717, 1.165) is 0 Å². The number of hydrogen-bond donors (Lipinski definition) is 2. The average Bonchev–Trinajstić information content (AvgIpc) is 2.43. The lowest BCUT2D eigenvalue weighted by Gasteiger charge is -2.18. The van der Waals surface area contributed by atoms with E-state index in [1.54, 1.807) is 0 Å². The Kier molecular flexibility index (Phi) is 4.47. The molecule has 0 saturated carbocycles. The molecule has 2 aromatic carbocycles. The Morgan fingerprint density at radius 3 is 2.40 bits per heavy atom. The maximum atomic E-state index is 14.0. The van der Waals surface area contributed by atoms with E-state index in [9.17, 15) is 13.2 Å². The summed E-state index contributed by atoms with van der Waals surface area (Å²) in [6.07, 6.45) is 0. The SMILES string of the molecule is Cc1ccc(C(NN)c2ccc(F)c(Br)c2)c(F)c1F. The average molecular weight is 345 g/mol. The van der Waals surface area contributed by atoms with Crippen LogP contribution in [-0.4, -0.2) is 0 Å². The van der Waals surface area contributed by atoms with Gasteiger partial charge < -0.3 is 0 Å². The Labute approximate surface area is 122 Å². The lowest BCUT2D eigenvalue weighted by Crippen LogP contribution is -2.30. The van der Waals surface area contributed by atoms with E-state index in [-0.39, 0.29) is 15.6 Å². The summed E-state index contributed by atoms with van der Waals surface area (Å²) < 4.78 is 41.1. The van der Waals surface area contributed by atoms with Gasteiger partial charge in [0, 0.05) is 5.56 Å². The van der Waals surface area contributed by atoms with Crippen molar-refractivity contribution in [3.63, 3.8) is 0 Å².